The van der Waals surface area contributed by atoms with Crippen molar-refractivity contribution >= 4 is 5.91 Å². The van der Waals surface area contributed by atoms with Crippen LogP contribution in [-0.4, -0.2) is 46.4 Å². The zero-order valence-corrected chi connectivity index (χ0v) is 13.9. The molecule has 2 aromatic rings. The molecule has 0 spiro atoms. The summed E-state index contributed by atoms with van der Waals surface area (Å²) in [5.41, 5.74) is 1.12. The third-order valence-corrected chi connectivity index (χ3v) is 4.19. The number of ether oxygens (including phenoxy) is 1. The van der Waals surface area contributed by atoms with Crippen molar-refractivity contribution in [2.45, 2.75) is 26.4 Å². The maximum absolute atomic E-state index is 12.8. The Labute approximate surface area is 140 Å². The van der Waals surface area contributed by atoms with Crippen molar-refractivity contribution in [2.24, 2.45) is 0 Å². The summed E-state index contributed by atoms with van der Waals surface area (Å²) in [6.45, 7) is 5.29. The lowest BCUT2D eigenvalue weighted by atomic mass is 10.2. The highest BCUT2D eigenvalue weighted by molar-refractivity contribution is 5.92. The molecule has 1 fully saturated rings. The lowest BCUT2D eigenvalue weighted by Crippen LogP contribution is -2.47. The van der Waals surface area contributed by atoms with Gasteiger partial charge in [-0.05, 0) is 25.5 Å². The normalized spacial score (nSPS) is 17.8. The molecule has 0 N–H and O–H groups in total. The molecule has 6 nitrogen and oxygen atoms in total. The van der Waals surface area contributed by atoms with Crippen LogP contribution in [0.3, 0.4) is 0 Å². The molecule has 1 aromatic heterocycles. The number of carbonyl (C=O) groups excluding carboxylic acids is 1. The van der Waals surface area contributed by atoms with Crippen LogP contribution < -0.4 is 5.43 Å². The molecule has 126 valence electrons. The minimum absolute atomic E-state index is 0.0181. The average molecular weight is 327 g/mol. The van der Waals surface area contributed by atoms with Crippen LogP contribution in [0.4, 0.5) is 0 Å². The van der Waals surface area contributed by atoms with Gasteiger partial charge in [0.2, 0.25) is 5.43 Å². The molecule has 2 heterocycles. The highest BCUT2D eigenvalue weighted by Gasteiger charge is 2.27. The van der Waals surface area contributed by atoms with Gasteiger partial charge in [0.1, 0.15) is 0 Å². The van der Waals surface area contributed by atoms with E-state index in [1.54, 1.807) is 16.5 Å². The van der Waals surface area contributed by atoms with Gasteiger partial charge in [0.15, 0.2) is 5.69 Å². The molecule has 3 rings (SSSR count). The van der Waals surface area contributed by atoms with E-state index in [4.69, 9.17) is 4.74 Å². The minimum atomic E-state index is -0.343. The SMILES string of the molecule is CCC1CN(C(=O)c2nn(-c3ccccc3)c(C)cc2=O)CCO1. The highest BCUT2D eigenvalue weighted by Crippen LogP contribution is 2.12. The first-order chi connectivity index (χ1) is 11.6. The van der Waals surface area contributed by atoms with Crippen LogP contribution in [0.25, 0.3) is 5.69 Å². The summed E-state index contributed by atoms with van der Waals surface area (Å²) in [7, 11) is 0. The van der Waals surface area contributed by atoms with Crippen LogP contribution >= 0.6 is 0 Å². The van der Waals surface area contributed by atoms with Gasteiger partial charge in [-0.3, -0.25) is 9.59 Å². The van der Waals surface area contributed by atoms with E-state index in [0.717, 1.165) is 12.1 Å². The molecule has 0 aliphatic carbocycles. The predicted octanol–water partition coefficient (Wildman–Crippen LogP) is 1.79. The topological polar surface area (TPSA) is 64.4 Å². The van der Waals surface area contributed by atoms with E-state index in [0.29, 0.717) is 25.4 Å². The molecule has 1 saturated heterocycles. The third kappa shape index (κ3) is 3.23. The Balaban J connectivity index is 1.96. The number of aryl methyl sites for hydroxylation is 1. The zero-order valence-electron chi connectivity index (χ0n) is 13.9. The van der Waals surface area contributed by atoms with Crippen molar-refractivity contribution in [1.29, 1.82) is 0 Å². The Kier molecular flexibility index (Phi) is 4.76. The van der Waals surface area contributed by atoms with Gasteiger partial charge in [-0.25, -0.2) is 4.68 Å². The molecule has 1 aliphatic heterocycles. The average Bonchev–Trinajstić information content (AvgIpc) is 2.62. The smallest absolute Gasteiger partial charge is 0.278 e. The number of rotatable bonds is 3. The Bertz CT molecular complexity index is 786. The Morgan fingerprint density at radius 3 is 2.79 bits per heavy atom. The maximum atomic E-state index is 12.8. The molecule has 0 bridgehead atoms. The molecule has 24 heavy (non-hydrogen) atoms. The highest BCUT2D eigenvalue weighted by atomic mass is 16.5. The fourth-order valence-corrected chi connectivity index (χ4v) is 2.83. The maximum Gasteiger partial charge on any atom is 0.278 e. The fraction of sp³-hybridized carbons (Fsp3) is 0.389. The second-order valence-corrected chi connectivity index (χ2v) is 5.90. The summed E-state index contributed by atoms with van der Waals surface area (Å²) < 4.78 is 7.22. The summed E-state index contributed by atoms with van der Waals surface area (Å²) in [5, 5.41) is 4.34. The number of hydrogen-bond donors (Lipinski definition) is 0. The van der Waals surface area contributed by atoms with Crippen LogP contribution in [0.15, 0.2) is 41.2 Å². The lowest BCUT2D eigenvalue weighted by molar-refractivity contribution is -0.0229. The van der Waals surface area contributed by atoms with E-state index >= 15 is 0 Å². The van der Waals surface area contributed by atoms with Crippen LogP contribution in [0.2, 0.25) is 0 Å². The number of para-hydroxylation sites is 1. The van der Waals surface area contributed by atoms with Crippen LogP contribution in [0, 0.1) is 6.92 Å². The van der Waals surface area contributed by atoms with Crippen molar-refractivity contribution in [3.05, 3.63) is 58.0 Å². The van der Waals surface area contributed by atoms with E-state index in [2.05, 4.69) is 5.10 Å². The molecule has 1 aromatic carbocycles. The van der Waals surface area contributed by atoms with Gasteiger partial charge in [0.05, 0.1) is 18.4 Å². The molecule has 6 heteroatoms. The molecule has 0 radical (unpaired) electrons. The van der Waals surface area contributed by atoms with Crippen LogP contribution in [0.1, 0.15) is 29.5 Å². The van der Waals surface area contributed by atoms with Gasteiger partial charge >= 0.3 is 0 Å². The molecule has 1 aliphatic rings. The largest absolute Gasteiger partial charge is 0.375 e. The van der Waals surface area contributed by atoms with Gasteiger partial charge < -0.3 is 9.64 Å². The number of carbonyl (C=O) groups is 1. The number of morpholine rings is 1. The zero-order chi connectivity index (χ0) is 17.1. The van der Waals surface area contributed by atoms with E-state index in [1.807, 2.05) is 37.3 Å². The Hall–Kier alpha value is -2.47. The summed E-state index contributed by atoms with van der Waals surface area (Å²) in [6, 6.07) is 10.9. The second kappa shape index (κ2) is 6.97. The Morgan fingerprint density at radius 2 is 2.08 bits per heavy atom. The lowest BCUT2D eigenvalue weighted by Gasteiger charge is -2.32. The third-order valence-electron chi connectivity index (χ3n) is 4.19. The van der Waals surface area contributed by atoms with Crippen molar-refractivity contribution < 1.29 is 9.53 Å². The summed E-state index contributed by atoms with van der Waals surface area (Å²) >= 11 is 0. The number of amides is 1. The number of nitrogens with zero attached hydrogens (tertiary/aromatic N) is 3. The first-order valence-electron chi connectivity index (χ1n) is 8.17. The predicted molar refractivity (Wildman–Crippen MR) is 90.5 cm³/mol. The first-order valence-corrected chi connectivity index (χ1v) is 8.17. The van der Waals surface area contributed by atoms with E-state index in [-0.39, 0.29) is 23.1 Å². The van der Waals surface area contributed by atoms with Gasteiger partial charge in [-0.1, -0.05) is 25.1 Å². The van der Waals surface area contributed by atoms with E-state index in [9.17, 15) is 9.59 Å². The standard InChI is InChI=1S/C18H21N3O3/c1-3-15-12-20(9-10-24-15)18(23)17-16(22)11-13(2)21(19-17)14-7-5-4-6-8-14/h4-8,11,15H,3,9-10,12H2,1-2H3. The molecule has 1 unspecified atom stereocenters. The quantitative estimate of drug-likeness (QED) is 0.862. The number of aromatic nitrogens is 2. The van der Waals surface area contributed by atoms with Crippen LogP contribution in [0.5, 0.6) is 0 Å². The van der Waals surface area contributed by atoms with Crippen molar-refractivity contribution in [3.8, 4) is 5.69 Å². The number of benzene rings is 1. The van der Waals surface area contributed by atoms with Gasteiger partial charge in [-0.15, -0.1) is 0 Å². The second-order valence-electron chi connectivity index (χ2n) is 5.90. The molecule has 1 amide bonds. The van der Waals surface area contributed by atoms with Crippen molar-refractivity contribution in [1.82, 2.24) is 14.7 Å². The van der Waals surface area contributed by atoms with Gasteiger partial charge in [0.25, 0.3) is 5.91 Å². The minimum Gasteiger partial charge on any atom is -0.375 e. The fourth-order valence-electron chi connectivity index (χ4n) is 2.83. The number of hydrogen-bond acceptors (Lipinski definition) is 4. The van der Waals surface area contributed by atoms with Crippen molar-refractivity contribution in [2.75, 3.05) is 19.7 Å². The molecular weight excluding hydrogens is 306 g/mol. The Morgan fingerprint density at radius 1 is 1.33 bits per heavy atom. The van der Waals surface area contributed by atoms with Crippen molar-refractivity contribution in [3.63, 3.8) is 0 Å². The molecule has 0 saturated carbocycles. The van der Waals surface area contributed by atoms with E-state index in [1.165, 1.54) is 6.07 Å². The summed E-state index contributed by atoms with van der Waals surface area (Å²) in [4.78, 5) is 26.7. The first kappa shape index (κ1) is 16.4. The van der Waals surface area contributed by atoms with Crippen LogP contribution in [-0.2, 0) is 4.74 Å². The summed E-state index contributed by atoms with van der Waals surface area (Å²) in [6.07, 6.45) is 0.851. The van der Waals surface area contributed by atoms with E-state index < -0.39 is 0 Å². The van der Waals surface area contributed by atoms with Gasteiger partial charge in [0, 0.05) is 24.8 Å². The molecule has 1 atom stereocenters. The van der Waals surface area contributed by atoms with Gasteiger partial charge in [-0.2, -0.15) is 5.10 Å². The summed E-state index contributed by atoms with van der Waals surface area (Å²) in [5.74, 6) is -0.327. The molecular formula is C18H21N3O3. The monoisotopic (exact) mass is 327 g/mol.